The van der Waals surface area contributed by atoms with E-state index in [1.54, 1.807) is 22.9 Å². The predicted molar refractivity (Wildman–Crippen MR) is 119 cm³/mol. The van der Waals surface area contributed by atoms with Crippen LogP contribution in [-0.4, -0.2) is 47.8 Å². The quantitative estimate of drug-likeness (QED) is 0.516. The lowest BCUT2D eigenvalue weighted by Gasteiger charge is -2.09. The van der Waals surface area contributed by atoms with Crippen molar-refractivity contribution in [3.8, 4) is 16.9 Å². The highest BCUT2D eigenvalue weighted by Crippen LogP contribution is 2.26. The second-order valence-corrected chi connectivity index (χ2v) is 7.95. The molecule has 3 rings (SSSR count). The van der Waals surface area contributed by atoms with Crippen molar-refractivity contribution < 1.29 is 4.79 Å². The molecule has 1 N–H and O–H groups in total. The number of unbranched alkanes of at least 4 members (excludes halogenated alkanes) is 1. The number of benzene rings is 2. The Hall–Kier alpha value is -2.34. The third kappa shape index (κ3) is 5.82. The van der Waals surface area contributed by atoms with E-state index in [4.69, 9.17) is 23.2 Å². The van der Waals surface area contributed by atoms with Gasteiger partial charge in [0.05, 0.1) is 11.4 Å². The fraction of sp³-hybridized carbons (Fsp3) is 0.273. The molecule has 0 aliphatic heterocycles. The molecule has 5 nitrogen and oxygen atoms in total. The molecule has 0 saturated heterocycles. The Morgan fingerprint density at radius 2 is 1.62 bits per heavy atom. The summed E-state index contributed by atoms with van der Waals surface area (Å²) in [5.41, 5.74) is 2.92. The van der Waals surface area contributed by atoms with Gasteiger partial charge in [-0.3, -0.25) is 4.79 Å². The maximum atomic E-state index is 12.6. The van der Waals surface area contributed by atoms with Gasteiger partial charge < -0.3 is 10.2 Å². The van der Waals surface area contributed by atoms with E-state index in [9.17, 15) is 4.79 Å². The topological polar surface area (TPSA) is 50.2 Å². The van der Waals surface area contributed by atoms with Crippen LogP contribution in [0, 0.1) is 0 Å². The molecular weight excluding hydrogens is 407 g/mol. The lowest BCUT2D eigenvalue weighted by molar-refractivity contribution is 0.0947. The monoisotopic (exact) mass is 430 g/mol. The zero-order valence-corrected chi connectivity index (χ0v) is 18.0. The summed E-state index contributed by atoms with van der Waals surface area (Å²) < 4.78 is 1.75. The molecule has 0 unspecified atom stereocenters. The molecule has 152 valence electrons. The summed E-state index contributed by atoms with van der Waals surface area (Å²) >= 11 is 12.0. The van der Waals surface area contributed by atoms with E-state index in [2.05, 4.69) is 15.3 Å². The lowest BCUT2D eigenvalue weighted by atomic mass is 10.1. The number of hydrogen-bond donors (Lipinski definition) is 1. The van der Waals surface area contributed by atoms with Crippen LogP contribution in [0.3, 0.4) is 0 Å². The van der Waals surface area contributed by atoms with Crippen LogP contribution in [0.15, 0.2) is 54.6 Å². The molecule has 0 spiro atoms. The zero-order chi connectivity index (χ0) is 20.8. The van der Waals surface area contributed by atoms with E-state index in [1.165, 1.54) is 0 Å². The second kappa shape index (κ2) is 9.92. The Bertz CT molecular complexity index is 887. The first-order valence-corrected chi connectivity index (χ1v) is 10.2. The minimum Gasteiger partial charge on any atom is -0.351 e. The number of carbonyl (C=O) groups excluding carboxylic acids is 1. The van der Waals surface area contributed by atoms with Crippen molar-refractivity contribution in [1.82, 2.24) is 20.0 Å². The first-order valence-electron chi connectivity index (χ1n) is 9.49. The third-order valence-electron chi connectivity index (χ3n) is 4.47. The van der Waals surface area contributed by atoms with Gasteiger partial charge in [0.1, 0.15) is 0 Å². The summed E-state index contributed by atoms with van der Waals surface area (Å²) in [6, 6.07) is 16.6. The second-order valence-electron chi connectivity index (χ2n) is 7.08. The van der Waals surface area contributed by atoms with Crippen molar-refractivity contribution in [2.75, 3.05) is 27.2 Å². The molecule has 2 aromatic carbocycles. The van der Waals surface area contributed by atoms with Crippen LogP contribution < -0.4 is 5.32 Å². The van der Waals surface area contributed by atoms with Gasteiger partial charge in [-0.1, -0.05) is 35.3 Å². The molecule has 7 heteroatoms. The van der Waals surface area contributed by atoms with Crippen LogP contribution in [-0.2, 0) is 0 Å². The Kier molecular flexibility index (Phi) is 7.31. The highest BCUT2D eigenvalue weighted by Gasteiger charge is 2.16. The van der Waals surface area contributed by atoms with E-state index in [0.29, 0.717) is 22.3 Å². The van der Waals surface area contributed by atoms with Gasteiger partial charge >= 0.3 is 0 Å². The van der Waals surface area contributed by atoms with Gasteiger partial charge in [-0.15, -0.1) is 0 Å². The van der Waals surface area contributed by atoms with Gasteiger partial charge in [0, 0.05) is 22.2 Å². The van der Waals surface area contributed by atoms with Crippen molar-refractivity contribution in [3.63, 3.8) is 0 Å². The summed E-state index contributed by atoms with van der Waals surface area (Å²) in [6.45, 7) is 1.62. The number of aromatic nitrogens is 2. The van der Waals surface area contributed by atoms with Crippen LogP contribution in [0.1, 0.15) is 23.3 Å². The van der Waals surface area contributed by atoms with Crippen LogP contribution in [0.4, 0.5) is 0 Å². The largest absolute Gasteiger partial charge is 0.351 e. The van der Waals surface area contributed by atoms with Gasteiger partial charge in [0.2, 0.25) is 0 Å². The van der Waals surface area contributed by atoms with Gasteiger partial charge in [0.25, 0.3) is 5.91 Å². The summed E-state index contributed by atoms with van der Waals surface area (Å²) in [4.78, 5) is 14.8. The van der Waals surface area contributed by atoms with Crippen LogP contribution in [0.2, 0.25) is 10.0 Å². The van der Waals surface area contributed by atoms with Gasteiger partial charge in [0.15, 0.2) is 5.69 Å². The van der Waals surface area contributed by atoms with E-state index >= 15 is 0 Å². The number of rotatable bonds is 8. The molecular formula is C22H24Cl2N4O. The summed E-state index contributed by atoms with van der Waals surface area (Å²) in [5.74, 6) is -0.183. The van der Waals surface area contributed by atoms with Crippen molar-refractivity contribution in [3.05, 3.63) is 70.3 Å². The smallest absolute Gasteiger partial charge is 0.271 e. The average molecular weight is 431 g/mol. The van der Waals surface area contributed by atoms with E-state index in [-0.39, 0.29) is 5.91 Å². The molecule has 1 amide bonds. The number of hydrogen-bond acceptors (Lipinski definition) is 3. The fourth-order valence-electron chi connectivity index (χ4n) is 2.94. The maximum Gasteiger partial charge on any atom is 0.271 e. The number of carbonyl (C=O) groups is 1. The molecule has 0 fully saturated rings. The predicted octanol–water partition coefficient (Wildman–Crippen LogP) is 4.92. The van der Waals surface area contributed by atoms with Crippen molar-refractivity contribution in [2.24, 2.45) is 0 Å². The molecule has 1 aromatic heterocycles. The molecule has 0 saturated carbocycles. The Balaban J connectivity index is 1.83. The highest BCUT2D eigenvalue weighted by atomic mass is 35.5. The first kappa shape index (κ1) is 21.4. The Morgan fingerprint density at radius 1 is 1.00 bits per heavy atom. The average Bonchev–Trinajstić information content (AvgIpc) is 3.14. The molecule has 29 heavy (non-hydrogen) atoms. The SMILES string of the molecule is CN(C)CCCCNC(=O)c1cc(-c2ccc(Cl)cc2)n(-c2ccc(Cl)cc2)n1. The summed E-state index contributed by atoms with van der Waals surface area (Å²) in [7, 11) is 4.08. The van der Waals surface area contributed by atoms with Crippen LogP contribution in [0.5, 0.6) is 0 Å². The third-order valence-corrected chi connectivity index (χ3v) is 4.97. The molecule has 0 aliphatic rings. The Morgan fingerprint density at radius 3 is 2.24 bits per heavy atom. The van der Waals surface area contributed by atoms with Crippen LogP contribution in [0.25, 0.3) is 16.9 Å². The number of amides is 1. The molecule has 0 aliphatic carbocycles. The molecule has 1 heterocycles. The van der Waals surface area contributed by atoms with Crippen molar-refractivity contribution in [2.45, 2.75) is 12.8 Å². The number of nitrogens with one attached hydrogen (secondary N) is 1. The standard InChI is InChI=1S/C22H24Cl2N4O/c1-27(2)14-4-3-13-25-22(29)20-15-21(16-5-7-17(23)8-6-16)28(26-20)19-11-9-18(24)10-12-19/h5-12,15H,3-4,13-14H2,1-2H3,(H,25,29). The zero-order valence-electron chi connectivity index (χ0n) is 16.5. The maximum absolute atomic E-state index is 12.6. The molecule has 3 aromatic rings. The lowest BCUT2D eigenvalue weighted by Crippen LogP contribution is -2.25. The molecule has 0 radical (unpaired) electrons. The van der Waals surface area contributed by atoms with E-state index in [0.717, 1.165) is 36.3 Å². The van der Waals surface area contributed by atoms with E-state index in [1.807, 2.05) is 50.5 Å². The number of halogens is 2. The summed E-state index contributed by atoms with van der Waals surface area (Å²) in [6.07, 6.45) is 1.95. The first-order chi connectivity index (χ1) is 13.9. The fourth-order valence-corrected chi connectivity index (χ4v) is 3.19. The van der Waals surface area contributed by atoms with Crippen LogP contribution >= 0.6 is 23.2 Å². The molecule has 0 bridgehead atoms. The van der Waals surface area contributed by atoms with E-state index < -0.39 is 0 Å². The van der Waals surface area contributed by atoms with Gasteiger partial charge in [-0.05, 0) is 75.9 Å². The normalized spacial score (nSPS) is 11.1. The Labute approximate surface area is 181 Å². The van der Waals surface area contributed by atoms with Crippen molar-refractivity contribution in [1.29, 1.82) is 0 Å². The minimum atomic E-state index is -0.183. The molecule has 0 atom stereocenters. The number of nitrogens with zero attached hydrogens (tertiary/aromatic N) is 3. The minimum absolute atomic E-state index is 0.183. The van der Waals surface area contributed by atoms with Gasteiger partial charge in [-0.2, -0.15) is 5.10 Å². The van der Waals surface area contributed by atoms with Gasteiger partial charge in [-0.25, -0.2) is 4.68 Å². The summed E-state index contributed by atoms with van der Waals surface area (Å²) in [5, 5.41) is 8.81. The highest BCUT2D eigenvalue weighted by molar-refractivity contribution is 6.30. The van der Waals surface area contributed by atoms with Crippen molar-refractivity contribution >= 4 is 29.1 Å².